The van der Waals surface area contributed by atoms with E-state index in [1.54, 1.807) is 48.5 Å². The Morgan fingerprint density at radius 1 is 0.848 bits per heavy atom. The number of sulfonamides is 1. The molecular weight excluding hydrogens is 442 g/mol. The monoisotopic (exact) mass is 465 g/mol. The highest BCUT2D eigenvalue weighted by Crippen LogP contribution is 2.20. The first-order chi connectivity index (χ1) is 15.8. The third-order valence-electron chi connectivity index (χ3n) is 5.47. The number of hydrogen-bond donors (Lipinski definition) is 1. The van der Waals surface area contributed by atoms with Gasteiger partial charge in [0.1, 0.15) is 0 Å². The zero-order chi connectivity index (χ0) is 23.4. The van der Waals surface area contributed by atoms with Crippen LogP contribution in [0.5, 0.6) is 0 Å². The first-order valence-electron chi connectivity index (χ1n) is 10.5. The molecule has 0 atom stereocenters. The molecule has 8 nitrogen and oxygen atoms in total. The minimum absolute atomic E-state index is 0.00391. The Balaban J connectivity index is 1.47. The van der Waals surface area contributed by atoms with Crippen molar-refractivity contribution in [1.82, 2.24) is 8.87 Å². The van der Waals surface area contributed by atoms with Crippen molar-refractivity contribution in [3.8, 4) is 0 Å². The van der Waals surface area contributed by atoms with Gasteiger partial charge in [-0.05, 0) is 55.3 Å². The number of anilines is 1. The highest BCUT2D eigenvalue weighted by atomic mass is 32.2. The fourth-order valence-electron chi connectivity index (χ4n) is 3.64. The molecule has 1 N–H and O–H groups in total. The molecule has 1 saturated heterocycles. The van der Waals surface area contributed by atoms with Gasteiger partial charge >= 0.3 is 0 Å². The van der Waals surface area contributed by atoms with Crippen LogP contribution in [0.15, 0.2) is 82.6 Å². The van der Waals surface area contributed by atoms with E-state index in [-0.39, 0.29) is 23.1 Å². The van der Waals surface area contributed by atoms with Gasteiger partial charge in [-0.1, -0.05) is 18.2 Å². The van der Waals surface area contributed by atoms with Crippen molar-refractivity contribution in [3.63, 3.8) is 0 Å². The van der Waals surface area contributed by atoms with Crippen molar-refractivity contribution in [2.24, 2.45) is 0 Å². The van der Waals surface area contributed by atoms with Crippen LogP contribution in [-0.4, -0.2) is 42.1 Å². The van der Waals surface area contributed by atoms with Crippen molar-refractivity contribution < 1.29 is 18.0 Å². The second-order valence-corrected chi connectivity index (χ2v) is 9.70. The maximum atomic E-state index is 12.8. The van der Waals surface area contributed by atoms with Crippen LogP contribution in [-0.2, 0) is 16.6 Å². The fourth-order valence-corrected chi connectivity index (χ4v) is 5.18. The lowest BCUT2D eigenvalue weighted by Gasteiger charge is -2.16. The smallest absolute Gasteiger partial charge is 0.255 e. The number of hydrogen-bond acceptors (Lipinski definition) is 5. The van der Waals surface area contributed by atoms with E-state index in [0.717, 1.165) is 17.4 Å². The van der Waals surface area contributed by atoms with Gasteiger partial charge in [0.05, 0.1) is 11.4 Å². The van der Waals surface area contributed by atoms with E-state index in [4.69, 9.17) is 0 Å². The third kappa shape index (κ3) is 5.10. The lowest BCUT2D eigenvalue weighted by atomic mass is 10.1. The molecule has 0 spiro atoms. The first kappa shape index (κ1) is 22.6. The van der Waals surface area contributed by atoms with Crippen molar-refractivity contribution in [1.29, 1.82) is 0 Å². The molecule has 0 radical (unpaired) electrons. The molecule has 1 amide bonds. The third-order valence-corrected chi connectivity index (χ3v) is 7.36. The Hall–Kier alpha value is -3.56. The number of nitrogens with zero attached hydrogens (tertiary/aromatic N) is 2. The van der Waals surface area contributed by atoms with Crippen LogP contribution in [0.1, 0.15) is 33.6 Å². The Labute approximate surface area is 191 Å². The zero-order valence-corrected chi connectivity index (χ0v) is 18.6. The highest BCUT2D eigenvalue weighted by Gasteiger charge is 2.27. The van der Waals surface area contributed by atoms with Crippen LogP contribution in [0.3, 0.4) is 0 Å². The van der Waals surface area contributed by atoms with E-state index >= 15 is 0 Å². The second-order valence-electron chi connectivity index (χ2n) is 7.76. The summed E-state index contributed by atoms with van der Waals surface area (Å²) in [5, 5.41) is 2.76. The number of nitrogens with one attached hydrogen (secondary N) is 1. The van der Waals surface area contributed by atoms with Gasteiger partial charge in [-0.15, -0.1) is 0 Å². The van der Waals surface area contributed by atoms with Gasteiger partial charge in [-0.3, -0.25) is 14.4 Å². The van der Waals surface area contributed by atoms with E-state index in [1.807, 2.05) is 6.07 Å². The molecule has 0 saturated carbocycles. The standard InChI is InChI=1S/C24H23N3O5S/c28-22(18-8-10-20(11-9-18)25-24(30)19-6-2-1-3-7-19)17-26-16-21(12-13-23(26)29)33(31,32)27-14-4-5-15-27/h1-3,6-13,16H,4-5,14-15,17H2,(H,25,30). The summed E-state index contributed by atoms with van der Waals surface area (Å²) in [6, 6.07) is 17.5. The van der Waals surface area contributed by atoms with Crippen molar-refractivity contribution in [2.45, 2.75) is 24.3 Å². The predicted octanol–water partition coefficient (Wildman–Crippen LogP) is 2.77. The number of aromatic nitrogens is 1. The fraction of sp³-hybridized carbons (Fsp3) is 0.208. The van der Waals surface area contributed by atoms with Crippen LogP contribution >= 0.6 is 0 Å². The van der Waals surface area contributed by atoms with Crippen LogP contribution in [0.25, 0.3) is 0 Å². The topological polar surface area (TPSA) is 106 Å². The summed E-state index contributed by atoms with van der Waals surface area (Å²) in [4.78, 5) is 37.2. The number of benzene rings is 2. The van der Waals surface area contributed by atoms with E-state index in [9.17, 15) is 22.8 Å². The molecule has 1 fully saturated rings. The summed E-state index contributed by atoms with van der Waals surface area (Å²) in [7, 11) is -3.70. The summed E-state index contributed by atoms with van der Waals surface area (Å²) in [5.41, 5.74) is 0.917. The van der Waals surface area contributed by atoms with Gasteiger partial charge in [0.25, 0.3) is 11.5 Å². The summed E-state index contributed by atoms with van der Waals surface area (Å²) in [6.45, 7) is 0.610. The minimum atomic E-state index is -3.70. The van der Waals surface area contributed by atoms with Crippen LogP contribution < -0.4 is 10.9 Å². The van der Waals surface area contributed by atoms with Gasteiger partial charge in [-0.2, -0.15) is 4.31 Å². The van der Waals surface area contributed by atoms with Crippen LogP contribution in [0.2, 0.25) is 0 Å². The average Bonchev–Trinajstić information content (AvgIpc) is 3.37. The van der Waals surface area contributed by atoms with Gasteiger partial charge < -0.3 is 9.88 Å². The largest absolute Gasteiger partial charge is 0.322 e. The Morgan fingerprint density at radius 2 is 1.52 bits per heavy atom. The van der Waals surface area contributed by atoms with Gasteiger partial charge in [-0.25, -0.2) is 8.42 Å². The molecule has 1 aliphatic heterocycles. The van der Waals surface area contributed by atoms with Crippen LogP contribution in [0.4, 0.5) is 5.69 Å². The summed E-state index contributed by atoms with van der Waals surface area (Å²) >= 11 is 0. The van der Waals surface area contributed by atoms with E-state index in [2.05, 4.69) is 5.32 Å². The maximum Gasteiger partial charge on any atom is 0.255 e. The first-order valence-corrected chi connectivity index (χ1v) is 12.0. The molecule has 1 aromatic heterocycles. The van der Waals surface area contributed by atoms with Crippen molar-refractivity contribution in [2.75, 3.05) is 18.4 Å². The molecule has 4 rings (SSSR count). The lowest BCUT2D eigenvalue weighted by molar-refractivity contribution is 0.0969. The molecule has 2 heterocycles. The van der Waals surface area contributed by atoms with E-state index < -0.39 is 15.6 Å². The molecule has 9 heteroatoms. The molecule has 2 aromatic carbocycles. The lowest BCUT2D eigenvalue weighted by Crippen LogP contribution is -2.30. The van der Waals surface area contributed by atoms with Crippen molar-refractivity contribution in [3.05, 3.63) is 94.4 Å². The zero-order valence-electron chi connectivity index (χ0n) is 17.8. The number of amides is 1. The summed E-state index contributed by atoms with van der Waals surface area (Å²) in [6.07, 6.45) is 2.83. The number of ketones is 1. The molecule has 170 valence electrons. The molecule has 33 heavy (non-hydrogen) atoms. The molecule has 3 aromatic rings. The predicted molar refractivity (Wildman–Crippen MR) is 124 cm³/mol. The quantitative estimate of drug-likeness (QED) is 0.540. The Morgan fingerprint density at radius 3 is 2.18 bits per heavy atom. The van der Waals surface area contributed by atoms with Crippen LogP contribution in [0, 0.1) is 0 Å². The van der Waals surface area contributed by atoms with Gasteiger partial charge in [0, 0.05) is 42.2 Å². The Kier molecular flexibility index (Phi) is 6.52. The number of carbonyl (C=O) groups excluding carboxylic acids is 2. The van der Waals surface area contributed by atoms with E-state index in [1.165, 1.54) is 22.6 Å². The highest BCUT2D eigenvalue weighted by molar-refractivity contribution is 7.89. The molecule has 1 aliphatic rings. The maximum absolute atomic E-state index is 12.8. The number of rotatable bonds is 7. The van der Waals surface area contributed by atoms with Gasteiger partial charge in [0.15, 0.2) is 5.78 Å². The van der Waals surface area contributed by atoms with Crippen molar-refractivity contribution >= 4 is 27.4 Å². The minimum Gasteiger partial charge on any atom is -0.322 e. The number of pyridine rings is 1. The normalized spacial score (nSPS) is 14.2. The summed E-state index contributed by atoms with van der Waals surface area (Å²) in [5.74, 6) is -0.619. The second kappa shape index (κ2) is 9.51. The Bertz CT molecular complexity index is 1330. The van der Waals surface area contributed by atoms with Gasteiger partial charge in [0.2, 0.25) is 10.0 Å². The SMILES string of the molecule is O=C(Cn1cc(S(=O)(=O)N2CCCC2)ccc1=O)c1ccc(NC(=O)c2ccccc2)cc1. The molecular formula is C24H23N3O5S. The van der Waals surface area contributed by atoms with E-state index in [0.29, 0.717) is 29.9 Å². The molecule has 0 unspecified atom stereocenters. The molecule has 0 bridgehead atoms. The number of Topliss-reactive ketones (excluding diaryl/α,β-unsaturated/α-hetero) is 1. The molecule has 0 aliphatic carbocycles. The number of carbonyl (C=O) groups is 2. The summed E-state index contributed by atoms with van der Waals surface area (Å²) < 4.78 is 28.0. The average molecular weight is 466 g/mol.